The third-order valence-corrected chi connectivity index (χ3v) is 2.79. The summed E-state index contributed by atoms with van der Waals surface area (Å²) in [4.78, 5) is 17.0. The van der Waals surface area contributed by atoms with Crippen LogP contribution in [-0.4, -0.2) is 5.97 Å². The van der Waals surface area contributed by atoms with Gasteiger partial charge in [-0.25, -0.2) is 4.79 Å². The van der Waals surface area contributed by atoms with Crippen LogP contribution in [0.4, 0.5) is 5.69 Å². The van der Waals surface area contributed by atoms with E-state index in [0.717, 1.165) is 11.3 Å². The van der Waals surface area contributed by atoms with Gasteiger partial charge in [0.05, 0.1) is 5.69 Å². The van der Waals surface area contributed by atoms with E-state index in [0.29, 0.717) is 0 Å². The van der Waals surface area contributed by atoms with Crippen LogP contribution in [0.3, 0.4) is 0 Å². The van der Waals surface area contributed by atoms with Gasteiger partial charge in [0.2, 0.25) is 0 Å². The molecule has 4 heteroatoms. The molecule has 1 fully saturated rings. The Kier molecular flexibility index (Phi) is 2.70. The lowest BCUT2D eigenvalue weighted by Crippen LogP contribution is -2.31. The van der Waals surface area contributed by atoms with E-state index in [1.54, 1.807) is 0 Å². The minimum Gasteiger partial charge on any atom is -0.323 e. The number of hydrazine groups is 1. The van der Waals surface area contributed by atoms with Crippen LogP contribution in [-0.2, 0) is 9.63 Å². The summed E-state index contributed by atoms with van der Waals surface area (Å²) in [6.45, 7) is 0. The predicted octanol–water partition coefficient (Wildman–Crippen LogP) is 2.21. The summed E-state index contributed by atoms with van der Waals surface area (Å²) in [6.07, 6.45) is 0. The van der Waals surface area contributed by atoms with Crippen molar-refractivity contribution >= 4 is 11.7 Å². The van der Waals surface area contributed by atoms with Gasteiger partial charge in [0.15, 0.2) is 6.04 Å². The molecule has 0 radical (unpaired) electrons. The van der Waals surface area contributed by atoms with Gasteiger partial charge in [-0.15, -0.1) is 5.17 Å². The quantitative estimate of drug-likeness (QED) is 0.873. The van der Waals surface area contributed by atoms with E-state index in [2.05, 4.69) is 5.43 Å². The lowest BCUT2D eigenvalue weighted by molar-refractivity contribution is -0.140. The third kappa shape index (κ3) is 1.94. The van der Waals surface area contributed by atoms with Crippen LogP contribution in [0.25, 0.3) is 0 Å². The number of hydrogen-bond donors (Lipinski definition) is 1. The van der Waals surface area contributed by atoms with E-state index >= 15 is 0 Å². The molecule has 90 valence electrons. The van der Waals surface area contributed by atoms with E-state index < -0.39 is 6.04 Å². The van der Waals surface area contributed by atoms with Gasteiger partial charge < -0.3 is 4.84 Å². The Balaban J connectivity index is 1.83. The monoisotopic (exact) mass is 240 g/mol. The molecular formula is C14H12N2O2. The first kappa shape index (κ1) is 10.8. The summed E-state index contributed by atoms with van der Waals surface area (Å²) in [5.41, 5.74) is 4.72. The van der Waals surface area contributed by atoms with Gasteiger partial charge in [-0.1, -0.05) is 48.5 Å². The maximum atomic E-state index is 11.8. The zero-order valence-electron chi connectivity index (χ0n) is 9.61. The first-order valence-electron chi connectivity index (χ1n) is 5.73. The minimum absolute atomic E-state index is 0.301. The average Bonchev–Trinajstić information content (AvgIpc) is 2.83. The zero-order chi connectivity index (χ0) is 12.4. The second kappa shape index (κ2) is 4.50. The van der Waals surface area contributed by atoms with Crippen LogP contribution < -0.4 is 10.6 Å². The van der Waals surface area contributed by atoms with Crippen molar-refractivity contribution in [3.63, 3.8) is 0 Å². The number of para-hydroxylation sites is 1. The number of nitrogens with one attached hydrogen (secondary N) is 1. The van der Waals surface area contributed by atoms with Gasteiger partial charge in [0.1, 0.15) is 0 Å². The zero-order valence-corrected chi connectivity index (χ0v) is 9.61. The predicted molar refractivity (Wildman–Crippen MR) is 67.3 cm³/mol. The second-order valence-electron chi connectivity index (χ2n) is 4.01. The molecule has 0 saturated carbocycles. The summed E-state index contributed by atoms with van der Waals surface area (Å²) in [5, 5.41) is 1.40. The molecule has 1 atom stereocenters. The molecular weight excluding hydrogens is 228 g/mol. The van der Waals surface area contributed by atoms with Gasteiger partial charge in [-0.3, -0.25) is 0 Å². The number of carbonyl (C=O) groups is 1. The molecule has 3 rings (SSSR count). The van der Waals surface area contributed by atoms with E-state index in [9.17, 15) is 4.79 Å². The number of hydrogen-bond acceptors (Lipinski definition) is 4. The molecule has 1 unspecified atom stereocenters. The van der Waals surface area contributed by atoms with Crippen molar-refractivity contribution in [3.8, 4) is 0 Å². The molecule has 0 aliphatic carbocycles. The maximum absolute atomic E-state index is 11.8. The molecule has 1 aliphatic heterocycles. The highest BCUT2D eigenvalue weighted by Crippen LogP contribution is 2.24. The van der Waals surface area contributed by atoms with Crippen LogP contribution in [0, 0.1) is 0 Å². The molecule has 2 aromatic carbocycles. The van der Waals surface area contributed by atoms with Crippen LogP contribution >= 0.6 is 0 Å². The molecule has 2 aromatic rings. The fourth-order valence-corrected chi connectivity index (χ4v) is 1.89. The number of carbonyl (C=O) groups excluding carboxylic acids is 1. The van der Waals surface area contributed by atoms with Crippen molar-refractivity contribution in [3.05, 3.63) is 66.2 Å². The molecule has 1 N–H and O–H groups in total. The highest BCUT2D eigenvalue weighted by molar-refractivity contribution is 5.81. The highest BCUT2D eigenvalue weighted by atomic mass is 16.8. The van der Waals surface area contributed by atoms with Gasteiger partial charge in [0.25, 0.3) is 0 Å². The number of anilines is 1. The first-order valence-corrected chi connectivity index (χ1v) is 5.73. The van der Waals surface area contributed by atoms with Crippen molar-refractivity contribution in [1.82, 2.24) is 5.43 Å². The van der Waals surface area contributed by atoms with Gasteiger partial charge in [0, 0.05) is 0 Å². The molecule has 0 amide bonds. The highest BCUT2D eigenvalue weighted by Gasteiger charge is 2.34. The molecule has 0 bridgehead atoms. The molecule has 18 heavy (non-hydrogen) atoms. The average molecular weight is 240 g/mol. The lowest BCUT2D eigenvalue weighted by atomic mass is 10.1. The SMILES string of the molecule is O=C1ON(c2ccccc2)NC1c1ccccc1. The van der Waals surface area contributed by atoms with Crippen molar-refractivity contribution in [2.24, 2.45) is 0 Å². The van der Waals surface area contributed by atoms with Crippen LogP contribution in [0.1, 0.15) is 11.6 Å². The minimum atomic E-state index is -0.452. The lowest BCUT2D eigenvalue weighted by Gasteiger charge is -2.14. The molecule has 1 saturated heterocycles. The van der Waals surface area contributed by atoms with Crippen LogP contribution in [0.2, 0.25) is 0 Å². The topological polar surface area (TPSA) is 41.6 Å². The Labute approximate surface area is 105 Å². The van der Waals surface area contributed by atoms with E-state index in [1.165, 1.54) is 5.17 Å². The molecule has 0 spiro atoms. The Morgan fingerprint density at radius 1 is 0.944 bits per heavy atom. The largest absolute Gasteiger partial charge is 0.357 e. The fourth-order valence-electron chi connectivity index (χ4n) is 1.89. The molecule has 0 aromatic heterocycles. The second-order valence-corrected chi connectivity index (χ2v) is 4.01. The van der Waals surface area contributed by atoms with E-state index in [1.807, 2.05) is 60.7 Å². The third-order valence-electron chi connectivity index (χ3n) is 2.79. The summed E-state index contributed by atoms with van der Waals surface area (Å²) in [6, 6.07) is 18.5. The normalized spacial score (nSPS) is 18.8. The van der Waals surface area contributed by atoms with Crippen molar-refractivity contribution in [1.29, 1.82) is 0 Å². The van der Waals surface area contributed by atoms with E-state index in [4.69, 9.17) is 4.84 Å². The van der Waals surface area contributed by atoms with Gasteiger partial charge >= 0.3 is 5.97 Å². The smallest absolute Gasteiger partial charge is 0.323 e. The standard InChI is InChI=1S/C14H12N2O2/c17-14-13(11-7-3-1-4-8-11)15-16(18-14)12-9-5-2-6-10-12/h1-10,13,15H. The Morgan fingerprint density at radius 2 is 1.56 bits per heavy atom. The van der Waals surface area contributed by atoms with Crippen LogP contribution in [0.5, 0.6) is 0 Å². The van der Waals surface area contributed by atoms with Gasteiger partial charge in [-0.05, 0) is 17.7 Å². The summed E-state index contributed by atoms with van der Waals surface area (Å²) >= 11 is 0. The van der Waals surface area contributed by atoms with Crippen molar-refractivity contribution in [2.75, 3.05) is 5.17 Å². The summed E-state index contributed by atoms with van der Waals surface area (Å²) in [7, 11) is 0. The Hall–Kier alpha value is -2.33. The first-order chi connectivity index (χ1) is 8.84. The van der Waals surface area contributed by atoms with Crippen molar-refractivity contribution in [2.45, 2.75) is 6.04 Å². The number of nitrogens with zero attached hydrogens (tertiary/aromatic N) is 1. The molecule has 4 nitrogen and oxygen atoms in total. The number of benzene rings is 2. The van der Waals surface area contributed by atoms with Crippen molar-refractivity contribution < 1.29 is 9.63 Å². The summed E-state index contributed by atoms with van der Waals surface area (Å²) < 4.78 is 0. The number of rotatable bonds is 2. The Bertz CT molecular complexity index is 542. The molecule has 1 aliphatic rings. The fraction of sp³-hybridized carbons (Fsp3) is 0.0714. The maximum Gasteiger partial charge on any atom is 0.357 e. The summed E-state index contributed by atoms with van der Waals surface area (Å²) in [5.74, 6) is -0.301. The molecule has 1 heterocycles. The van der Waals surface area contributed by atoms with Crippen LogP contribution in [0.15, 0.2) is 60.7 Å². The van der Waals surface area contributed by atoms with Gasteiger partial charge in [-0.2, -0.15) is 5.43 Å². The van der Waals surface area contributed by atoms with E-state index in [-0.39, 0.29) is 5.97 Å². The Morgan fingerprint density at radius 3 is 2.22 bits per heavy atom.